The Labute approximate surface area is 109 Å². The van der Waals surface area contributed by atoms with Gasteiger partial charge in [0.15, 0.2) is 0 Å². The first kappa shape index (κ1) is 13.5. The maximum Gasteiger partial charge on any atom is 0.146 e. The summed E-state index contributed by atoms with van der Waals surface area (Å²) in [6.07, 6.45) is 6.65. The van der Waals surface area contributed by atoms with Crippen molar-refractivity contribution in [3.63, 3.8) is 0 Å². The number of aromatic nitrogens is 1. The van der Waals surface area contributed by atoms with E-state index >= 15 is 0 Å². The fraction of sp³-hybridized carbons (Fsp3) is 0.667. The first-order chi connectivity index (χ1) is 8.61. The van der Waals surface area contributed by atoms with E-state index in [2.05, 4.69) is 24.1 Å². The summed E-state index contributed by atoms with van der Waals surface area (Å²) in [7, 11) is 1.93. The average molecular weight is 250 g/mol. The molecule has 18 heavy (non-hydrogen) atoms. The zero-order valence-electron chi connectivity index (χ0n) is 11.5. The van der Waals surface area contributed by atoms with Crippen LogP contribution in [-0.2, 0) is 0 Å². The van der Waals surface area contributed by atoms with Crippen LogP contribution in [0.5, 0.6) is 0 Å². The van der Waals surface area contributed by atoms with Gasteiger partial charge >= 0.3 is 0 Å². The molecule has 0 spiro atoms. The molecule has 1 aliphatic rings. The Bertz CT molecular complexity index is 384. The monoisotopic (exact) mass is 250 g/mol. The Morgan fingerprint density at radius 3 is 2.50 bits per heavy atom. The number of hydrogen-bond donors (Lipinski definition) is 1. The molecule has 1 aliphatic carbocycles. The van der Waals surface area contributed by atoms with Crippen molar-refractivity contribution in [1.29, 1.82) is 0 Å². The third-order valence-electron chi connectivity index (χ3n) is 4.14. The minimum atomic E-state index is -0.192. The van der Waals surface area contributed by atoms with Gasteiger partial charge in [-0.15, -0.1) is 0 Å². The predicted octanol–water partition coefficient (Wildman–Crippen LogP) is 3.55. The van der Waals surface area contributed by atoms with Crippen LogP contribution in [0.1, 0.15) is 44.7 Å². The van der Waals surface area contributed by atoms with Crippen LogP contribution in [0.25, 0.3) is 0 Å². The van der Waals surface area contributed by atoms with Gasteiger partial charge in [0.2, 0.25) is 0 Å². The third-order valence-corrected chi connectivity index (χ3v) is 4.14. The van der Waals surface area contributed by atoms with Gasteiger partial charge in [-0.25, -0.2) is 4.39 Å². The second-order valence-electron chi connectivity index (χ2n) is 5.84. The highest BCUT2D eigenvalue weighted by atomic mass is 19.1. The molecule has 1 aromatic rings. The molecule has 0 saturated heterocycles. The first-order valence-corrected chi connectivity index (χ1v) is 6.88. The van der Waals surface area contributed by atoms with E-state index in [1.54, 1.807) is 12.3 Å². The molecular formula is C15H23FN2. The van der Waals surface area contributed by atoms with E-state index in [0.29, 0.717) is 5.92 Å². The van der Waals surface area contributed by atoms with E-state index < -0.39 is 0 Å². The van der Waals surface area contributed by atoms with Gasteiger partial charge in [0, 0.05) is 17.8 Å². The van der Waals surface area contributed by atoms with Crippen LogP contribution < -0.4 is 5.32 Å². The molecule has 0 radical (unpaired) electrons. The number of halogens is 1. The summed E-state index contributed by atoms with van der Waals surface area (Å²) in [6.45, 7) is 4.61. The Kier molecular flexibility index (Phi) is 4.33. The van der Waals surface area contributed by atoms with E-state index in [4.69, 9.17) is 0 Å². The summed E-state index contributed by atoms with van der Waals surface area (Å²) in [4.78, 5) is 3.83. The van der Waals surface area contributed by atoms with Crippen LogP contribution >= 0.6 is 0 Å². The molecule has 0 aromatic carbocycles. The Morgan fingerprint density at radius 2 is 1.94 bits per heavy atom. The Morgan fingerprint density at radius 1 is 1.28 bits per heavy atom. The topological polar surface area (TPSA) is 24.9 Å². The van der Waals surface area contributed by atoms with E-state index in [0.717, 1.165) is 17.4 Å². The van der Waals surface area contributed by atoms with E-state index in [1.165, 1.54) is 25.5 Å². The number of rotatable bonds is 3. The van der Waals surface area contributed by atoms with Gasteiger partial charge in [0.25, 0.3) is 0 Å². The zero-order valence-corrected chi connectivity index (χ0v) is 11.5. The Balaban J connectivity index is 2.20. The summed E-state index contributed by atoms with van der Waals surface area (Å²) in [5.74, 6) is 1.80. The smallest absolute Gasteiger partial charge is 0.146 e. The van der Waals surface area contributed by atoms with Crippen LogP contribution in [0.15, 0.2) is 18.5 Å². The maximum absolute atomic E-state index is 13.9. The van der Waals surface area contributed by atoms with Crippen LogP contribution in [-0.4, -0.2) is 12.0 Å². The number of nitrogens with zero attached hydrogens (tertiary/aromatic N) is 1. The fourth-order valence-electron chi connectivity index (χ4n) is 3.56. The summed E-state index contributed by atoms with van der Waals surface area (Å²) < 4.78 is 13.9. The number of hydrogen-bond acceptors (Lipinski definition) is 2. The van der Waals surface area contributed by atoms with Gasteiger partial charge in [-0.1, -0.05) is 13.8 Å². The normalized spacial score (nSPS) is 30.1. The molecule has 3 unspecified atom stereocenters. The second kappa shape index (κ2) is 5.79. The minimum absolute atomic E-state index is 0.109. The lowest BCUT2D eigenvalue weighted by atomic mass is 9.72. The summed E-state index contributed by atoms with van der Waals surface area (Å²) in [6, 6.07) is 1.92. The molecule has 3 atom stereocenters. The van der Waals surface area contributed by atoms with Gasteiger partial charge in [0.1, 0.15) is 5.82 Å². The summed E-state index contributed by atoms with van der Waals surface area (Å²) in [5, 5.41) is 3.30. The zero-order chi connectivity index (χ0) is 13.1. The molecule has 100 valence electrons. The summed E-state index contributed by atoms with van der Waals surface area (Å²) >= 11 is 0. The van der Waals surface area contributed by atoms with Crippen LogP contribution in [0.3, 0.4) is 0 Å². The standard InChI is InChI=1S/C15H23FN2/c1-10-6-11(2)8-12(7-10)15(17-3)13-4-5-18-9-14(13)16/h4-5,9-12,15,17H,6-8H2,1-3H3. The molecule has 1 heterocycles. The van der Waals surface area contributed by atoms with Crippen molar-refractivity contribution in [2.45, 2.75) is 39.2 Å². The first-order valence-electron chi connectivity index (χ1n) is 6.88. The summed E-state index contributed by atoms with van der Waals surface area (Å²) in [5.41, 5.74) is 0.763. The molecular weight excluding hydrogens is 227 g/mol. The SMILES string of the molecule is CNC(c1ccncc1F)C1CC(C)CC(C)C1. The lowest BCUT2D eigenvalue weighted by Crippen LogP contribution is -2.32. The van der Waals surface area contributed by atoms with Crippen molar-refractivity contribution < 1.29 is 4.39 Å². The highest BCUT2D eigenvalue weighted by Gasteiger charge is 2.31. The van der Waals surface area contributed by atoms with Crippen molar-refractivity contribution in [1.82, 2.24) is 10.3 Å². The molecule has 0 aliphatic heterocycles. The Hall–Kier alpha value is -0.960. The molecule has 2 nitrogen and oxygen atoms in total. The molecule has 1 N–H and O–H groups in total. The van der Waals surface area contributed by atoms with E-state index in [1.807, 2.05) is 7.05 Å². The predicted molar refractivity (Wildman–Crippen MR) is 71.7 cm³/mol. The lowest BCUT2D eigenvalue weighted by molar-refractivity contribution is 0.178. The van der Waals surface area contributed by atoms with Crippen molar-refractivity contribution in [3.8, 4) is 0 Å². The van der Waals surface area contributed by atoms with Crippen molar-refractivity contribution in [2.24, 2.45) is 17.8 Å². The molecule has 3 heteroatoms. The van der Waals surface area contributed by atoms with Crippen LogP contribution in [0.4, 0.5) is 4.39 Å². The van der Waals surface area contributed by atoms with E-state index in [9.17, 15) is 4.39 Å². The van der Waals surface area contributed by atoms with Gasteiger partial charge in [-0.3, -0.25) is 4.98 Å². The molecule has 1 fully saturated rings. The van der Waals surface area contributed by atoms with Gasteiger partial charge in [-0.05, 0) is 50.1 Å². The van der Waals surface area contributed by atoms with Crippen molar-refractivity contribution >= 4 is 0 Å². The highest BCUT2D eigenvalue weighted by molar-refractivity contribution is 5.18. The molecule has 2 rings (SSSR count). The van der Waals surface area contributed by atoms with Gasteiger partial charge in [-0.2, -0.15) is 0 Å². The van der Waals surface area contributed by atoms with Gasteiger partial charge < -0.3 is 5.32 Å². The van der Waals surface area contributed by atoms with Crippen LogP contribution in [0, 0.1) is 23.6 Å². The van der Waals surface area contributed by atoms with Gasteiger partial charge in [0.05, 0.1) is 6.20 Å². The largest absolute Gasteiger partial charge is 0.313 e. The van der Waals surface area contributed by atoms with Crippen LogP contribution in [0.2, 0.25) is 0 Å². The number of pyridine rings is 1. The highest BCUT2D eigenvalue weighted by Crippen LogP contribution is 2.40. The minimum Gasteiger partial charge on any atom is -0.313 e. The molecule has 0 amide bonds. The lowest BCUT2D eigenvalue weighted by Gasteiger charge is -2.36. The average Bonchev–Trinajstić information content (AvgIpc) is 2.31. The quantitative estimate of drug-likeness (QED) is 0.887. The molecule has 1 saturated carbocycles. The maximum atomic E-state index is 13.9. The number of nitrogens with one attached hydrogen (secondary N) is 1. The molecule has 1 aromatic heterocycles. The fourth-order valence-corrected chi connectivity index (χ4v) is 3.56. The third kappa shape index (κ3) is 2.89. The van der Waals surface area contributed by atoms with E-state index in [-0.39, 0.29) is 11.9 Å². The van der Waals surface area contributed by atoms with Crippen molar-refractivity contribution in [2.75, 3.05) is 7.05 Å². The molecule has 0 bridgehead atoms. The second-order valence-corrected chi connectivity index (χ2v) is 5.84. The van der Waals surface area contributed by atoms with Crippen molar-refractivity contribution in [3.05, 3.63) is 29.8 Å².